The zero-order valence-corrected chi connectivity index (χ0v) is 25.0. The third-order valence-electron chi connectivity index (χ3n) is 6.46. The zero-order valence-electron chi connectivity index (χ0n) is 23.5. The second kappa shape index (κ2) is 15.2. The standard InChI is InChI=1S/C26H32ClF2N5O8S/c1-3-41-26(37)33-11-9-32(10-12-33)17-24(36)31(2)8-13-34(16-23(35)30-38)43(39,40)20-14-21(28)25(22(29)15-20)42-19-6-4-18(27)5-7-19/h4-7,14-15,38H,3,8-13,16-17H2,1-2H3,(H,30,35). The molecule has 0 spiro atoms. The van der Waals surface area contributed by atoms with Crippen LogP contribution in [-0.2, 0) is 24.3 Å². The highest BCUT2D eigenvalue weighted by Gasteiger charge is 2.30. The van der Waals surface area contributed by atoms with E-state index < -0.39 is 57.4 Å². The third kappa shape index (κ3) is 9.21. The second-order valence-corrected chi connectivity index (χ2v) is 11.8. The summed E-state index contributed by atoms with van der Waals surface area (Å²) in [6.07, 6.45) is -0.428. The van der Waals surface area contributed by atoms with Gasteiger partial charge in [-0.25, -0.2) is 27.5 Å². The summed E-state index contributed by atoms with van der Waals surface area (Å²) in [7, 11) is -3.28. The van der Waals surface area contributed by atoms with Gasteiger partial charge in [-0.3, -0.25) is 19.7 Å². The van der Waals surface area contributed by atoms with Gasteiger partial charge in [0.1, 0.15) is 5.75 Å². The number of hydrogen-bond donors (Lipinski definition) is 2. The highest BCUT2D eigenvalue weighted by Crippen LogP contribution is 2.31. The van der Waals surface area contributed by atoms with Crippen LogP contribution in [0, 0.1) is 11.6 Å². The predicted octanol–water partition coefficient (Wildman–Crippen LogP) is 2.14. The minimum atomic E-state index is -4.70. The molecule has 0 unspecified atom stereocenters. The maximum atomic E-state index is 14.9. The molecule has 2 aromatic carbocycles. The van der Waals surface area contributed by atoms with Crippen molar-refractivity contribution in [2.45, 2.75) is 11.8 Å². The van der Waals surface area contributed by atoms with Crippen molar-refractivity contribution in [3.63, 3.8) is 0 Å². The molecule has 17 heteroatoms. The number of hydrogen-bond acceptors (Lipinski definition) is 9. The molecule has 0 aliphatic carbocycles. The van der Waals surface area contributed by atoms with Crippen LogP contribution < -0.4 is 10.2 Å². The maximum absolute atomic E-state index is 14.9. The molecule has 1 saturated heterocycles. The minimum absolute atomic E-state index is 0.0114. The second-order valence-electron chi connectivity index (χ2n) is 9.42. The van der Waals surface area contributed by atoms with Crippen molar-refractivity contribution in [2.24, 2.45) is 0 Å². The van der Waals surface area contributed by atoms with Gasteiger partial charge in [-0.05, 0) is 43.3 Å². The Morgan fingerprint density at radius 3 is 2.21 bits per heavy atom. The van der Waals surface area contributed by atoms with Crippen LogP contribution in [0.1, 0.15) is 6.92 Å². The molecule has 0 bridgehead atoms. The fourth-order valence-electron chi connectivity index (χ4n) is 4.03. The quantitative estimate of drug-likeness (QED) is 0.261. The molecule has 0 saturated carbocycles. The summed E-state index contributed by atoms with van der Waals surface area (Å²) in [5, 5.41) is 9.33. The Morgan fingerprint density at radius 1 is 1.05 bits per heavy atom. The molecule has 43 heavy (non-hydrogen) atoms. The van der Waals surface area contributed by atoms with Crippen molar-refractivity contribution in [2.75, 3.05) is 66.0 Å². The Labute approximate surface area is 252 Å². The molecule has 0 radical (unpaired) electrons. The van der Waals surface area contributed by atoms with E-state index in [-0.39, 0.29) is 31.4 Å². The molecule has 2 aromatic rings. The van der Waals surface area contributed by atoms with Gasteiger partial charge in [-0.1, -0.05) is 11.6 Å². The number of halogens is 3. The van der Waals surface area contributed by atoms with E-state index >= 15 is 0 Å². The monoisotopic (exact) mass is 647 g/mol. The van der Waals surface area contributed by atoms with Gasteiger partial charge in [-0.2, -0.15) is 4.31 Å². The van der Waals surface area contributed by atoms with Gasteiger partial charge in [0.25, 0.3) is 5.91 Å². The molecule has 1 aliphatic rings. The highest BCUT2D eigenvalue weighted by molar-refractivity contribution is 7.89. The van der Waals surface area contributed by atoms with E-state index in [1.807, 2.05) is 4.90 Å². The first-order valence-electron chi connectivity index (χ1n) is 13.1. The number of hydroxylamine groups is 1. The van der Waals surface area contributed by atoms with E-state index in [0.29, 0.717) is 47.6 Å². The van der Waals surface area contributed by atoms with E-state index in [1.165, 1.54) is 46.6 Å². The van der Waals surface area contributed by atoms with Crippen LogP contribution in [0.4, 0.5) is 13.6 Å². The first-order valence-corrected chi connectivity index (χ1v) is 14.9. The van der Waals surface area contributed by atoms with Crippen LogP contribution >= 0.6 is 11.6 Å². The van der Waals surface area contributed by atoms with Crippen LogP contribution in [0.2, 0.25) is 5.02 Å². The third-order valence-corrected chi connectivity index (χ3v) is 8.53. The molecular formula is C26H32ClF2N5O8S. The summed E-state index contributed by atoms with van der Waals surface area (Å²) in [5.41, 5.74) is 1.32. The van der Waals surface area contributed by atoms with Crippen LogP contribution in [0.25, 0.3) is 0 Å². The molecule has 236 valence electrons. The van der Waals surface area contributed by atoms with E-state index in [1.54, 1.807) is 6.92 Å². The van der Waals surface area contributed by atoms with Crippen molar-refractivity contribution in [1.29, 1.82) is 0 Å². The van der Waals surface area contributed by atoms with Gasteiger partial charge in [0, 0.05) is 51.3 Å². The Kier molecular flexibility index (Phi) is 12.0. The van der Waals surface area contributed by atoms with E-state index in [2.05, 4.69) is 0 Å². The van der Waals surface area contributed by atoms with Gasteiger partial charge in [0.05, 0.1) is 24.6 Å². The normalized spacial score (nSPS) is 14.0. The maximum Gasteiger partial charge on any atom is 0.409 e. The number of rotatable bonds is 12. The van der Waals surface area contributed by atoms with Gasteiger partial charge in [0.15, 0.2) is 17.4 Å². The van der Waals surface area contributed by atoms with Gasteiger partial charge < -0.3 is 19.3 Å². The summed E-state index contributed by atoms with van der Waals surface area (Å²) < 4.78 is 67.2. The number of amides is 3. The molecule has 1 heterocycles. The first kappa shape index (κ1) is 33.9. The average molecular weight is 648 g/mol. The molecular weight excluding hydrogens is 616 g/mol. The van der Waals surface area contributed by atoms with E-state index in [0.717, 1.165) is 0 Å². The molecule has 2 N–H and O–H groups in total. The van der Waals surface area contributed by atoms with Crippen LogP contribution in [0.3, 0.4) is 0 Å². The number of benzene rings is 2. The molecule has 13 nitrogen and oxygen atoms in total. The summed E-state index contributed by atoms with van der Waals surface area (Å²) >= 11 is 5.80. The summed E-state index contributed by atoms with van der Waals surface area (Å²) in [4.78, 5) is 40.4. The lowest BCUT2D eigenvalue weighted by Crippen LogP contribution is -2.52. The van der Waals surface area contributed by atoms with E-state index in [4.69, 9.17) is 26.3 Å². The summed E-state index contributed by atoms with van der Waals surface area (Å²) in [5.74, 6) is -4.93. The largest absolute Gasteiger partial charge is 0.451 e. The summed E-state index contributed by atoms with van der Waals surface area (Å²) in [6.45, 7) is 1.99. The molecule has 3 rings (SSSR count). The van der Waals surface area contributed by atoms with Crippen molar-refractivity contribution in [3.05, 3.63) is 53.1 Å². The van der Waals surface area contributed by atoms with Crippen LogP contribution in [0.5, 0.6) is 11.5 Å². The molecule has 0 atom stereocenters. The van der Waals surface area contributed by atoms with Crippen molar-refractivity contribution < 1.29 is 46.3 Å². The number of nitrogens with one attached hydrogen (secondary N) is 1. The molecule has 1 fully saturated rings. The van der Waals surface area contributed by atoms with Gasteiger partial charge in [0.2, 0.25) is 15.9 Å². The molecule has 1 aliphatic heterocycles. The summed E-state index contributed by atoms with van der Waals surface area (Å²) in [6, 6.07) is 6.67. The van der Waals surface area contributed by atoms with Gasteiger partial charge >= 0.3 is 6.09 Å². The number of carbonyl (C=O) groups excluding carboxylic acids is 3. The first-order chi connectivity index (χ1) is 20.3. The number of nitrogens with zero attached hydrogens (tertiary/aromatic N) is 4. The predicted molar refractivity (Wildman–Crippen MR) is 149 cm³/mol. The fourth-order valence-corrected chi connectivity index (χ4v) is 5.57. The Hall–Kier alpha value is -3.57. The molecule has 3 amide bonds. The average Bonchev–Trinajstić information content (AvgIpc) is 2.97. The lowest BCUT2D eigenvalue weighted by atomic mass is 10.3. The van der Waals surface area contributed by atoms with Crippen LogP contribution in [0.15, 0.2) is 41.3 Å². The Balaban J connectivity index is 1.68. The Morgan fingerprint density at radius 2 is 1.65 bits per heavy atom. The van der Waals surface area contributed by atoms with Crippen molar-refractivity contribution in [3.8, 4) is 11.5 Å². The number of carbonyl (C=O) groups is 3. The van der Waals surface area contributed by atoms with Crippen LogP contribution in [-0.4, -0.2) is 117 Å². The number of sulfonamides is 1. The molecule has 0 aromatic heterocycles. The number of likely N-dealkylation sites (N-methyl/N-ethyl adjacent to an activating group) is 1. The SMILES string of the molecule is CCOC(=O)N1CCN(CC(=O)N(C)CCN(CC(=O)NO)S(=O)(=O)c2cc(F)c(Oc3ccc(Cl)cc3)c(F)c2)CC1. The number of ether oxygens (including phenoxy) is 2. The highest BCUT2D eigenvalue weighted by atomic mass is 35.5. The van der Waals surface area contributed by atoms with Gasteiger partial charge in [-0.15, -0.1) is 0 Å². The Bertz CT molecular complexity index is 1390. The fraction of sp³-hybridized carbons (Fsp3) is 0.423. The van der Waals surface area contributed by atoms with Crippen molar-refractivity contribution in [1.82, 2.24) is 24.5 Å². The minimum Gasteiger partial charge on any atom is -0.451 e. The zero-order chi connectivity index (χ0) is 31.7. The van der Waals surface area contributed by atoms with Crippen molar-refractivity contribution >= 4 is 39.5 Å². The van der Waals surface area contributed by atoms with E-state index in [9.17, 15) is 31.6 Å². The lowest BCUT2D eigenvalue weighted by molar-refractivity contribution is -0.131. The lowest BCUT2D eigenvalue weighted by Gasteiger charge is -2.34. The number of piperazine rings is 1. The smallest absolute Gasteiger partial charge is 0.409 e. The topological polar surface area (TPSA) is 149 Å².